The number of hydrogen-bond acceptors (Lipinski definition) is 7. The van der Waals surface area contributed by atoms with Crippen LogP contribution in [0.1, 0.15) is 9.67 Å². The Labute approximate surface area is 206 Å². The van der Waals surface area contributed by atoms with Gasteiger partial charge in [0.1, 0.15) is 16.4 Å². The maximum absolute atomic E-state index is 11.3. The fourth-order valence-corrected chi connectivity index (χ4v) is 5.21. The van der Waals surface area contributed by atoms with Crippen LogP contribution in [0.15, 0.2) is 64.2 Å². The van der Waals surface area contributed by atoms with E-state index in [2.05, 4.69) is 10.3 Å². The van der Waals surface area contributed by atoms with Crippen LogP contribution >= 0.6 is 63.0 Å². The molecular formula is C21H16BrClN2O3S3. The Kier molecular flexibility index (Phi) is 8.01. The zero-order valence-corrected chi connectivity index (χ0v) is 20.9. The molecule has 2 N–H and O–H groups in total. The highest BCUT2D eigenvalue weighted by Gasteiger charge is 2.17. The standard InChI is InChI=1S/C21H15ClN2O3S3.BrH/c1-28-20-16(10-18(30-20)19(25)26)17-11-29-21(24-17)23-13-4-8-15(9-5-13)27-14-6-2-12(22)3-7-14;/h2-11H,1H3,(H,23,24)(H,25,26);1H. The van der Waals surface area contributed by atoms with Crippen molar-refractivity contribution in [1.82, 2.24) is 4.98 Å². The molecule has 0 atom stereocenters. The molecule has 10 heteroatoms. The van der Waals surface area contributed by atoms with Gasteiger partial charge >= 0.3 is 5.97 Å². The van der Waals surface area contributed by atoms with Crippen molar-refractivity contribution in [1.29, 1.82) is 0 Å². The lowest BCUT2D eigenvalue weighted by Crippen LogP contribution is -1.91. The summed E-state index contributed by atoms with van der Waals surface area (Å²) in [6, 6.07) is 16.4. The van der Waals surface area contributed by atoms with E-state index in [4.69, 9.17) is 16.3 Å². The third-order valence-electron chi connectivity index (χ3n) is 4.03. The number of aromatic carboxylic acids is 1. The van der Waals surface area contributed by atoms with Gasteiger partial charge in [0.05, 0.1) is 9.90 Å². The number of rotatable bonds is 7. The minimum absolute atomic E-state index is 0. The van der Waals surface area contributed by atoms with Gasteiger partial charge in [0.15, 0.2) is 5.13 Å². The van der Waals surface area contributed by atoms with Gasteiger partial charge < -0.3 is 15.2 Å². The van der Waals surface area contributed by atoms with Crippen molar-refractivity contribution >= 4 is 79.8 Å². The van der Waals surface area contributed by atoms with E-state index < -0.39 is 5.97 Å². The Hall–Kier alpha value is -2.04. The summed E-state index contributed by atoms with van der Waals surface area (Å²) in [7, 11) is 0. The topological polar surface area (TPSA) is 71.5 Å². The SMILES string of the molecule is Br.CSc1sc(C(=O)O)cc1-c1csc(Nc2ccc(Oc3ccc(Cl)cc3)cc2)n1. The molecule has 0 aliphatic carbocycles. The number of benzene rings is 2. The van der Waals surface area contributed by atoms with E-state index in [1.807, 2.05) is 48.0 Å². The largest absolute Gasteiger partial charge is 0.477 e. The maximum Gasteiger partial charge on any atom is 0.345 e. The number of carbonyl (C=O) groups is 1. The molecule has 160 valence electrons. The molecule has 0 saturated heterocycles. The molecule has 4 rings (SSSR count). The van der Waals surface area contributed by atoms with Crippen LogP contribution in [0.4, 0.5) is 10.8 Å². The number of hydrogen-bond donors (Lipinski definition) is 2. The number of carboxylic acid groups (broad SMARTS) is 1. The zero-order valence-electron chi connectivity index (χ0n) is 16.0. The molecule has 31 heavy (non-hydrogen) atoms. The molecule has 0 bridgehead atoms. The molecule has 0 aliphatic rings. The minimum Gasteiger partial charge on any atom is -0.477 e. The molecule has 2 aromatic carbocycles. The van der Waals surface area contributed by atoms with E-state index in [-0.39, 0.29) is 17.0 Å². The first kappa shape index (κ1) is 23.6. The molecule has 0 unspecified atom stereocenters. The minimum atomic E-state index is -0.920. The monoisotopic (exact) mass is 554 g/mol. The van der Waals surface area contributed by atoms with Crippen LogP contribution < -0.4 is 10.1 Å². The van der Waals surface area contributed by atoms with Crippen molar-refractivity contribution in [2.24, 2.45) is 0 Å². The molecular weight excluding hydrogens is 540 g/mol. The van der Waals surface area contributed by atoms with E-state index in [0.29, 0.717) is 21.4 Å². The van der Waals surface area contributed by atoms with E-state index in [0.717, 1.165) is 26.3 Å². The fraction of sp³-hybridized carbons (Fsp3) is 0.0476. The maximum atomic E-state index is 11.3. The normalized spacial score (nSPS) is 10.4. The molecule has 0 saturated carbocycles. The Bertz CT molecular complexity index is 1180. The first-order valence-corrected chi connectivity index (χ1v) is 12.0. The van der Waals surface area contributed by atoms with Crippen LogP contribution in [0.3, 0.4) is 0 Å². The summed E-state index contributed by atoms with van der Waals surface area (Å²) in [5.41, 5.74) is 2.49. The second-order valence-electron chi connectivity index (χ2n) is 6.06. The summed E-state index contributed by atoms with van der Waals surface area (Å²) in [6.45, 7) is 0. The number of nitrogens with one attached hydrogen (secondary N) is 1. The summed E-state index contributed by atoms with van der Waals surface area (Å²) in [6.07, 6.45) is 1.93. The summed E-state index contributed by atoms with van der Waals surface area (Å²) in [4.78, 5) is 16.2. The first-order valence-electron chi connectivity index (χ1n) is 8.69. The number of ether oxygens (including phenoxy) is 1. The molecule has 2 heterocycles. The summed E-state index contributed by atoms with van der Waals surface area (Å²) < 4.78 is 6.74. The Morgan fingerprint density at radius 1 is 1.13 bits per heavy atom. The third-order valence-corrected chi connectivity index (χ3v) is 7.30. The van der Waals surface area contributed by atoms with Crippen molar-refractivity contribution < 1.29 is 14.6 Å². The van der Waals surface area contributed by atoms with Crippen LogP contribution in [-0.4, -0.2) is 22.3 Å². The van der Waals surface area contributed by atoms with Gasteiger partial charge in [0.2, 0.25) is 0 Å². The van der Waals surface area contributed by atoms with Crippen LogP contribution in [0.25, 0.3) is 11.3 Å². The molecule has 2 aromatic heterocycles. The van der Waals surface area contributed by atoms with Gasteiger partial charge in [-0.25, -0.2) is 9.78 Å². The molecule has 0 aliphatic heterocycles. The lowest BCUT2D eigenvalue weighted by atomic mass is 10.2. The number of thiazole rings is 1. The molecule has 0 spiro atoms. The van der Waals surface area contributed by atoms with Crippen molar-refractivity contribution in [3.63, 3.8) is 0 Å². The molecule has 0 fully saturated rings. The number of thioether (sulfide) groups is 1. The van der Waals surface area contributed by atoms with E-state index in [9.17, 15) is 9.90 Å². The average molecular weight is 556 g/mol. The molecule has 5 nitrogen and oxygen atoms in total. The molecule has 4 aromatic rings. The third kappa shape index (κ3) is 5.81. The van der Waals surface area contributed by atoms with E-state index >= 15 is 0 Å². The lowest BCUT2D eigenvalue weighted by molar-refractivity contribution is 0.0702. The highest BCUT2D eigenvalue weighted by molar-refractivity contribution is 8.93. The quantitative estimate of drug-likeness (QED) is 0.225. The summed E-state index contributed by atoms with van der Waals surface area (Å²) in [5.74, 6) is 0.508. The number of anilines is 2. The predicted octanol–water partition coefficient (Wildman–Crippen LogP) is 8.06. The van der Waals surface area contributed by atoms with Gasteiger partial charge in [-0.3, -0.25) is 0 Å². The van der Waals surface area contributed by atoms with Crippen LogP contribution in [0, 0.1) is 0 Å². The predicted molar refractivity (Wildman–Crippen MR) is 136 cm³/mol. The summed E-state index contributed by atoms with van der Waals surface area (Å²) >= 11 is 10.1. The van der Waals surface area contributed by atoms with Crippen molar-refractivity contribution in [2.75, 3.05) is 11.6 Å². The Balaban J connectivity index is 0.00000272. The van der Waals surface area contributed by atoms with Gasteiger partial charge in [0, 0.05) is 21.7 Å². The smallest absolute Gasteiger partial charge is 0.345 e. The van der Waals surface area contributed by atoms with Crippen LogP contribution in [0.2, 0.25) is 5.02 Å². The first-order chi connectivity index (χ1) is 14.5. The highest BCUT2D eigenvalue weighted by atomic mass is 79.9. The number of thiophene rings is 1. The van der Waals surface area contributed by atoms with Gasteiger partial charge in [-0.15, -0.1) is 51.4 Å². The second kappa shape index (κ2) is 10.5. The van der Waals surface area contributed by atoms with E-state index in [1.54, 1.807) is 18.2 Å². The van der Waals surface area contributed by atoms with Crippen LogP contribution in [-0.2, 0) is 0 Å². The number of aromatic nitrogens is 1. The van der Waals surface area contributed by atoms with Crippen LogP contribution in [0.5, 0.6) is 11.5 Å². The Morgan fingerprint density at radius 3 is 2.39 bits per heavy atom. The van der Waals surface area contributed by atoms with Gasteiger partial charge in [-0.05, 0) is 60.9 Å². The molecule has 0 radical (unpaired) electrons. The average Bonchev–Trinajstić information content (AvgIpc) is 3.38. The summed E-state index contributed by atoms with van der Waals surface area (Å²) in [5, 5.41) is 15.8. The van der Waals surface area contributed by atoms with Gasteiger partial charge in [0.25, 0.3) is 0 Å². The highest BCUT2D eigenvalue weighted by Crippen LogP contribution is 2.39. The van der Waals surface area contributed by atoms with Crippen molar-refractivity contribution in [3.05, 3.63) is 69.9 Å². The van der Waals surface area contributed by atoms with E-state index in [1.165, 1.54) is 34.4 Å². The number of nitrogens with zero attached hydrogens (tertiary/aromatic N) is 1. The number of halogens is 2. The number of carboxylic acids is 1. The van der Waals surface area contributed by atoms with Crippen molar-refractivity contribution in [3.8, 4) is 22.8 Å². The zero-order chi connectivity index (χ0) is 21.1. The van der Waals surface area contributed by atoms with Gasteiger partial charge in [-0.1, -0.05) is 11.6 Å². The second-order valence-corrected chi connectivity index (χ2v) is 9.49. The lowest BCUT2D eigenvalue weighted by Gasteiger charge is -2.07. The van der Waals surface area contributed by atoms with Crippen molar-refractivity contribution in [2.45, 2.75) is 4.21 Å². The molecule has 0 amide bonds. The Morgan fingerprint density at radius 2 is 1.77 bits per heavy atom. The fourth-order valence-electron chi connectivity index (χ4n) is 2.63. The van der Waals surface area contributed by atoms with Gasteiger partial charge in [-0.2, -0.15) is 0 Å².